The number of allylic oxidation sites excluding steroid dienone is 2. The fraction of sp³-hybridized carbons (Fsp3) is 0.643. The molecule has 5 heteroatoms. The highest BCUT2D eigenvalue weighted by Gasteiger charge is 2.34. The molecule has 1 aromatic heterocycles. The molecule has 0 radical (unpaired) electrons. The molecule has 19 heavy (non-hydrogen) atoms. The van der Waals surface area contributed by atoms with E-state index < -0.39 is 5.97 Å². The quantitative estimate of drug-likeness (QED) is 0.828. The molecule has 1 aliphatic heterocycles. The van der Waals surface area contributed by atoms with Crippen LogP contribution in [0.1, 0.15) is 49.7 Å². The van der Waals surface area contributed by atoms with E-state index in [0.29, 0.717) is 6.42 Å². The standard InChI is InChI=1S/C14H19N3O2/c18-14(19)11-7-4-3-6-10(11)13-16-15-12-8-2-1-5-9-17(12)13/h3-4,10-11H,1-2,5-9H2,(H,18,19)/t10-,11+/m1/s1. The van der Waals surface area contributed by atoms with Gasteiger partial charge in [0, 0.05) is 18.9 Å². The Hall–Kier alpha value is -1.65. The number of rotatable bonds is 2. The summed E-state index contributed by atoms with van der Waals surface area (Å²) < 4.78 is 2.17. The van der Waals surface area contributed by atoms with Gasteiger partial charge in [-0.05, 0) is 25.7 Å². The monoisotopic (exact) mass is 261 g/mol. The first-order valence-electron chi connectivity index (χ1n) is 7.07. The van der Waals surface area contributed by atoms with Crippen molar-refractivity contribution >= 4 is 5.97 Å². The smallest absolute Gasteiger partial charge is 0.307 e. The number of aliphatic carboxylic acids is 1. The van der Waals surface area contributed by atoms with Crippen LogP contribution in [0.15, 0.2) is 12.2 Å². The maximum Gasteiger partial charge on any atom is 0.307 e. The molecule has 0 fully saturated rings. The summed E-state index contributed by atoms with van der Waals surface area (Å²) in [6, 6.07) is 0. The van der Waals surface area contributed by atoms with E-state index in [1.807, 2.05) is 6.08 Å². The Morgan fingerprint density at radius 2 is 2.05 bits per heavy atom. The number of aromatic nitrogens is 3. The lowest BCUT2D eigenvalue weighted by Crippen LogP contribution is -2.26. The van der Waals surface area contributed by atoms with Crippen LogP contribution < -0.4 is 0 Å². The molecule has 0 saturated carbocycles. The molecule has 0 saturated heterocycles. The van der Waals surface area contributed by atoms with E-state index in [1.165, 1.54) is 6.42 Å². The molecule has 0 bridgehead atoms. The minimum absolute atomic E-state index is 0.0261. The van der Waals surface area contributed by atoms with Crippen LogP contribution in [0.2, 0.25) is 0 Å². The highest BCUT2D eigenvalue weighted by atomic mass is 16.4. The Labute approximate surface area is 112 Å². The van der Waals surface area contributed by atoms with Crippen molar-refractivity contribution in [3.05, 3.63) is 23.8 Å². The Kier molecular flexibility index (Phi) is 3.36. The number of carboxylic acids is 1. The number of aryl methyl sites for hydroxylation is 1. The number of hydrogen-bond acceptors (Lipinski definition) is 3. The van der Waals surface area contributed by atoms with Crippen LogP contribution in [0.3, 0.4) is 0 Å². The van der Waals surface area contributed by atoms with E-state index >= 15 is 0 Å². The molecule has 0 unspecified atom stereocenters. The number of carboxylic acid groups (broad SMARTS) is 1. The van der Waals surface area contributed by atoms with Crippen LogP contribution in [-0.4, -0.2) is 25.8 Å². The maximum atomic E-state index is 11.4. The summed E-state index contributed by atoms with van der Waals surface area (Å²) in [5.41, 5.74) is 0. The molecule has 1 N–H and O–H groups in total. The third kappa shape index (κ3) is 2.29. The summed E-state index contributed by atoms with van der Waals surface area (Å²) in [6.07, 6.45) is 9.88. The van der Waals surface area contributed by atoms with Gasteiger partial charge in [0.2, 0.25) is 0 Å². The largest absolute Gasteiger partial charge is 0.481 e. The van der Waals surface area contributed by atoms with E-state index in [0.717, 1.165) is 43.9 Å². The minimum atomic E-state index is -0.722. The normalized spacial score (nSPS) is 26.7. The molecular formula is C14H19N3O2. The molecule has 2 heterocycles. The molecule has 2 atom stereocenters. The van der Waals surface area contributed by atoms with Crippen molar-refractivity contribution in [1.29, 1.82) is 0 Å². The Bertz CT molecular complexity index is 507. The maximum absolute atomic E-state index is 11.4. The number of nitrogens with zero attached hydrogens (tertiary/aromatic N) is 3. The van der Waals surface area contributed by atoms with Gasteiger partial charge >= 0.3 is 5.97 Å². The van der Waals surface area contributed by atoms with Gasteiger partial charge in [-0.1, -0.05) is 18.6 Å². The van der Waals surface area contributed by atoms with E-state index in [2.05, 4.69) is 20.8 Å². The summed E-state index contributed by atoms with van der Waals surface area (Å²) in [6.45, 7) is 0.935. The predicted octanol–water partition coefficient (Wildman–Crippen LogP) is 2.14. The van der Waals surface area contributed by atoms with Crippen molar-refractivity contribution in [2.75, 3.05) is 0 Å². The van der Waals surface area contributed by atoms with Crippen LogP contribution in [0.4, 0.5) is 0 Å². The third-order valence-electron chi connectivity index (χ3n) is 4.22. The van der Waals surface area contributed by atoms with Crippen LogP contribution in [0.5, 0.6) is 0 Å². The third-order valence-corrected chi connectivity index (χ3v) is 4.22. The van der Waals surface area contributed by atoms with Gasteiger partial charge in [-0.3, -0.25) is 4.79 Å². The van der Waals surface area contributed by atoms with Crippen molar-refractivity contribution in [2.45, 2.75) is 51.0 Å². The number of hydrogen-bond donors (Lipinski definition) is 1. The summed E-state index contributed by atoms with van der Waals surface area (Å²) in [7, 11) is 0. The molecule has 0 aromatic carbocycles. The van der Waals surface area contributed by atoms with Crippen LogP contribution in [0.25, 0.3) is 0 Å². The lowest BCUT2D eigenvalue weighted by atomic mass is 9.82. The summed E-state index contributed by atoms with van der Waals surface area (Å²) in [5.74, 6) is 0.809. The lowest BCUT2D eigenvalue weighted by molar-refractivity contribution is -0.142. The van der Waals surface area contributed by atoms with Gasteiger partial charge < -0.3 is 9.67 Å². The fourth-order valence-corrected chi connectivity index (χ4v) is 3.15. The summed E-state index contributed by atoms with van der Waals surface area (Å²) in [4.78, 5) is 11.4. The molecule has 0 spiro atoms. The summed E-state index contributed by atoms with van der Waals surface area (Å²) in [5, 5.41) is 18.0. The molecule has 1 aliphatic carbocycles. The first kappa shape index (κ1) is 12.4. The number of fused-ring (bicyclic) bond motifs is 1. The number of carbonyl (C=O) groups is 1. The predicted molar refractivity (Wildman–Crippen MR) is 69.8 cm³/mol. The Morgan fingerprint density at radius 1 is 1.21 bits per heavy atom. The molecule has 102 valence electrons. The van der Waals surface area contributed by atoms with Gasteiger partial charge in [0.05, 0.1) is 5.92 Å². The van der Waals surface area contributed by atoms with Crippen molar-refractivity contribution < 1.29 is 9.90 Å². The molecule has 1 aromatic rings. The average Bonchev–Trinajstić information content (AvgIpc) is 2.67. The lowest BCUT2D eigenvalue weighted by Gasteiger charge is -2.25. The Morgan fingerprint density at radius 3 is 2.89 bits per heavy atom. The minimum Gasteiger partial charge on any atom is -0.481 e. The zero-order valence-corrected chi connectivity index (χ0v) is 11.0. The molecule has 0 amide bonds. The first-order chi connectivity index (χ1) is 9.27. The van der Waals surface area contributed by atoms with Gasteiger partial charge in [-0.25, -0.2) is 0 Å². The van der Waals surface area contributed by atoms with E-state index in [9.17, 15) is 9.90 Å². The zero-order chi connectivity index (χ0) is 13.2. The zero-order valence-electron chi connectivity index (χ0n) is 11.0. The van der Waals surface area contributed by atoms with Crippen LogP contribution >= 0.6 is 0 Å². The first-order valence-corrected chi connectivity index (χ1v) is 7.07. The van der Waals surface area contributed by atoms with E-state index in [1.54, 1.807) is 0 Å². The SMILES string of the molecule is O=C(O)[C@H]1CC=CC[C@H]1c1nnc2n1CCCCC2. The second kappa shape index (κ2) is 5.15. The topological polar surface area (TPSA) is 68.0 Å². The van der Waals surface area contributed by atoms with Crippen molar-refractivity contribution in [2.24, 2.45) is 5.92 Å². The van der Waals surface area contributed by atoms with Crippen molar-refractivity contribution in [3.8, 4) is 0 Å². The second-order valence-electron chi connectivity index (χ2n) is 5.43. The highest BCUT2D eigenvalue weighted by Crippen LogP contribution is 2.34. The van der Waals surface area contributed by atoms with Gasteiger partial charge in [-0.15, -0.1) is 10.2 Å². The fourth-order valence-electron chi connectivity index (χ4n) is 3.15. The van der Waals surface area contributed by atoms with Crippen molar-refractivity contribution in [3.63, 3.8) is 0 Å². The van der Waals surface area contributed by atoms with Crippen LogP contribution in [-0.2, 0) is 17.8 Å². The summed E-state index contributed by atoms with van der Waals surface area (Å²) >= 11 is 0. The highest BCUT2D eigenvalue weighted by molar-refractivity contribution is 5.71. The van der Waals surface area contributed by atoms with E-state index in [4.69, 9.17) is 0 Å². The molecule has 5 nitrogen and oxygen atoms in total. The van der Waals surface area contributed by atoms with Crippen LogP contribution in [0, 0.1) is 5.92 Å². The molecular weight excluding hydrogens is 242 g/mol. The van der Waals surface area contributed by atoms with E-state index in [-0.39, 0.29) is 11.8 Å². The second-order valence-corrected chi connectivity index (χ2v) is 5.43. The average molecular weight is 261 g/mol. The Balaban J connectivity index is 1.94. The van der Waals surface area contributed by atoms with Gasteiger partial charge in [0.15, 0.2) is 0 Å². The van der Waals surface area contributed by atoms with Gasteiger partial charge in [-0.2, -0.15) is 0 Å². The van der Waals surface area contributed by atoms with Crippen molar-refractivity contribution in [1.82, 2.24) is 14.8 Å². The molecule has 3 rings (SSSR count). The van der Waals surface area contributed by atoms with Gasteiger partial charge in [0.1, 0.15) is 11.6 Å². The van der Waals surface area contributed by atoms with Gasteiger partial charge in [0.25, 0.3) is 0 Å². The molecule has 2 aliphatic rings.